The van der Waals surface area contributed by atoms with Crippen LogP contribution in [-0.2, 0) is 21.1 Å². The summed E-state index contributed by atoms with van der Waals surface area (Å²) in [6.45, 7) is 3.62. The number of nitrogens with one attached hydrogen (secondary N) is 2. The summed E-state index contributed by atoms with van der Waals surface area (Å²) >= 11 is 0. The number of nitrogens with zero attached hydrogens (tertiary/aromatic N) is 1. The lowest BCUT2D eigenvalue weighted by Gasteiger charge is -2.17. The van der Waals surface area contributed by atoms with E-state index >= 15 is 0 Å². The van der Waals surface area contributed by atoms with Gasteiger partial charge in [0.25, 0.3) is 0 Å². The lowest BCUT2D eigenvalue weighted by Crippen LogP contribution is -2.42. The second-order valence-electron chi connectivity index (χ2n) is 5.87. The topological polar surface area (TPSA) is 89.0 Å². The fourth-order valence-corrected chi connectivity index (χ4v) is 2.80. The molecule has 0 radical (unpaired) electrons. The molecular formula is C17H30IN3O4S. The van der Waals surface area contributed by atoms with Crippen molar-refractivity contribution < 1.29 is 17.9 Å². The Morgan fingerprint density at radius 1 is 1.23 bits per heavy atom. The van der Waals surface area contributed by atoms with Gasteiger partial charge in [0.2, 0.25) is 0 Å². The SMILES string of the molecule is CN=C(NCc1ccc(OCCOC)cc1)NC(C)CCS(C)(=O)=O.I. The van der Waals surface area contributed by atoms with Crippen LogP contribution >= 0.6 is 24.0 Å². The predicted octanol–water partition coefficient (Wildman–Crippen LogP) is 1.82. The molecule has 0 saturated heterocycles. The second-order valence-corrected chi connectivity index (χ2v) is 8.13. The molecule has 0 amide bonds. The van der Waals surface area contributed by atoms with Gasteiger partial charge >= 0.3 is 0 Å². The van der Waals surface area contributed by atoms with Gasteiger partial charge in [0, 0.05) is 33.0 Å². The summed E-state index contributed by atoms with van der Waals surface area (Å²) in [5.41, 5.74) is 1.09. The van der Waals surface area contributed by atoms with Crippen LogP contribution in [0.3, 0.4) is 0 Å². The molecule has 150 valence electrons. The van der Waals surface area contributed by atoms with E-state index in [1.54, 1.807) is 14.2 Å². The normalized spacial score (nSPS) is 12.8. The Bertz CT molecular complexity index is 636. The van der Waals surface area contributed by atoms with Gasteiger partial charge in [-0.25, -0.2) is 8.42 Å². The van der Waals surface area contributed by atoms with Gasteiger partial charge in [0.15, 0.2) is 5.96 Å². The molecule has 0 bridgehead atoms. The van der Waals surface area contributed by atoms with Crippen LogP contribution in [0.15, 0.2) is 29.3 Å². The third kappa shape index (κ3) is 11.5. The first-order chi connectivity index (χ1) is 11.8. The molecule has 0 aromatic heterocycles. The van der Waals surface area contributed by atoms with E-state index in [1.165, 1.54) is 6.26 Å². The zero-order valence-electron chi connectivity index (χ0n) is 15.8. The number of guanidine groups is 1. The first-order valence-electron chi connectivity index (χ1n) is 8.19. The molecule has 1 aromatic carbocycles. The highest BCUT2D eigenvalue weighted by molar-refractivity contribution is 14.0. The van der Waals surface area contributed by atoms with Gasteiger partial charge in [-0.15, -0.1) is 24.0 Å². The number of hydrogen-bond donors (Lipinski definition) is 2. The fourth-order valence-electron chi connectivity index (χ4n) is 2.02. The summed E-state index contributed by atoms with van der Waals surface area (Å²) < 4.78 is 32.9. The first kappa shape index (κ1) is 24.9. The third-order valence-corrected chi connectivity index (χ3v) is 4.45. The molecule has 1 atom stereocenters. The summed E-state index contributed by atoms with van der Waals surface area (Å²) in [6, 6.07) is 7.80. The zero-order chi connectivity index (χ0) is 18.7. The average Bonchev–Trinajstić information content (AvgIpc) is 2.57. The molecule has 0 spiro atoms. The van der Waals surface area contributed by atoms with Gasteiger partial charge < -0.3 is 20.1 Å². The molecule has 0 aliphatic carbocycles. The van der Waals surface area contributed by atoms with Crippen LogP contribution in [-0.4, -0.2) is 59.8 Å². The van der Waals surface area contributed by atoms with Crippen molar-refractivity contribution in [3.8, 4) is 5.75 Å². The minimum absolute atomic E-state index is 0. The lowest BCUT2D eigenvalue weighted by atomic mass is 10.2. The van der Waals surface area contributed by atoms with E-state index in [-0.39, 0.29) is 35.8 Å². The van der Waals surface area contributed by atoms with Crippen LogP contribution in [0.5, 0.6) is 5.75 Å². The number of methoxy groups -OCH3 is 1. The molecule has 0 saturated carbocycles. The molecular weight excluding hydrogens is 469 g/mol. The predicted molar refractivity (Wildman–Crippen MR) is 116 cm³/mol. The maximum absolute atomic E-state index is 11.2. The van der Waals surface area contributed by atoms with Crippen molar-refractivity contribution in [2.45, 2.75) is 25.9 Å². The smallest absolute Gasteiger partial charge is 0.191 e. The zero-order valence-corrected chi connectivity index (χ0v) is 19.0. The minimum atomic E-state index is -2.95. The van der Waals surface area contributed by atoms with Crippen LogP contribution in [0.2, 0.25) is 0 Å². The highest BCUT2D eigenvalue weighted by Crippen LogP contribution is 2.12. The van der Waals surface area contributed by atoms with Gasteiger partial charge in [-0.3, -0.25) is 4.99 Å². The summed E-state index contributed by atoms with van der Waals surface area (Å²) in [5.74, 6) is 1.60. The van der Waals surface area contributed by atoms with E-state index < -0.39 is 9.84 Å². The number of halogens is 1. The first-order valence-corrected chi connectivity index (χ1v) is 10.3. The van der Waals surface area contributed by atoms with Crippen molar-refractivity contribution in [2.75, 3.05) is 39.4 Å². The van der Waals surface area contributed by atoms with Gasteiger partial charge in [-0.05, 0) is 31.0 Å². The molecule has 2 N–H and O–H groups in total. The Labute approximate surface area is 173 Å². The van der Waals surface area contributed by atoms with Gasteiger partial charge in [0.05, 0.1) is 12.4 Å². The second kappa shape index (κ2) is 13.2. The van der Waals surface area contributed by atoms with Crippen molar-refractivity contribution in [3.63, 3.8) is 0 Å². The van der Waals surface area contributed by atoms with E-state index in [2.05, 4.69) is 15.6 Å². The third-order valence-electron chi connectivity index (χ3n) is 3.47. The highest BCUT2D eigenvalue weighted by Gasteiger charge is 2.09. The number of rotatable bonds is 10. The molecule has 9 heteroatoms. The molecule has 0 heterocycles. The van der Waals surface area contributed by atoms with Crippen molar-refractivity contribution in [3.05, 3.63) is 29.8 Å². The molecule has 26 heavy (non-hydrogen) atoms. The van der Waals surface area contributed by atoms with E-state index in [1.807, 2.05) is 31.2 Å². The van der Waals surface area contributed by atoms with E-state index in [0.29, 0.717) is 32.1 Å². The monoisotopic (exact) mass is 499 g/mol. The fraction of sp³-hybridized carbons (Fsp3) is 0.588. The lowest BCUT2D eigenvalue weighted by molar-refractivity contribution is 0.146. The van der Waals surface area contributed by atoms with Gasteiger partial charge in [0.1, 0.15) is 22.2 Å². The summed E-state index contributed by atoms with van der Waals surface area (Å²) in [7, 11) is 0.376. The number of sulfone groups is 1. The molecule has 1 rings (SSSR count). The van der Waals surface area contributed by atoms with Crippen LogP contribution < -0.4 is 15.4 Å². The van der Waals surface area contributed by atoms with Crippen LogP contribution in [0.4, 0.5) is 0 Å². The number of ether oxygens (including phenoxy) is 2. The van der Waals surface area contributed by atoms with Crippen molar-refractivity contribution in [2.24, 2.45) is 4.99 Å². The number of aliphatic imine (C=N–C) groups is 1. The number of benzene rings is 1. The van der Waals surface area contributed by atoms with Crippen LogP contribution in [0.25, 0.3) is 0 Å². The maximum Gasteiger partial charge on any atom is 0.191 e. The van der Waals surface area contributed by atoms with E-state index in [9.17, 15) is 8.42 Å². The van der Waals surface area contributed by atoms with Crippen molar-refractivity contribution in [1.82, 2.24) is 10.6 Å². The maximum atomic E-state index is 11.2. The van der Waals surface area contributed by atoms with Gasteiger partial charge in [-0.1, -0.05) is 12.1 Å². The standard InChI is InChI=1S/C17H29N3O4S.HI/c1-14(9-12-25(4,21)22)20-17(18-2)19-13-15-5-7-16(8-6-15)24-11-10-23-3;/h5-8,14H,9-13H2,1-4H3,(H2,18,19,20);1H. The molecule has 0 aliphatic heterocycles. The molecule has 1 unspecified atom stereocenters. The van der Waals surface area contributed by atoms with E-state index in [0.717, 1.165) is 11.3 Å². The Hall–Kier alpha value is -1.07. The quantitative estimate of drug-likeness (QED) is 0.221. The molecule has 1 aromatic rings. The molecule has 0 fully saturated rings. The van der Waals surface area contributed by atoms with Crippen LogP contribution in [0.1, 0.15) is 18.9 Å². The Morgan fingerprint density at radius 2 is 1.88 bits per heavy atom. The van der Waals surface area contributed by atoms with Gasteiger partial charge in [-0.2, -0.15) is 0 Å². The summed E-state index contributed by atoms with van der Waals surface area (Å²) in [6.07, 6.45) is 1.78. The highest BCUT2D eigenvalue weighted by atomic mass is 127. The Morgan fingerprint density at radius 3 is 2.42 bits per heavy atom. The molecule has 7 nitrogen and oxygen atoms in total. The number of hydrogen-bond acceptors (Lipinski definition) is 5. The largest absolute Gasteiger partial charge is 0.491 e. The van der Waals surface area contributed by atoms with E-state index in [4.69, 9.17) is 9.47 Å². The average molecular weight is 499 g/mol. The Kier molecular flexibility index (Phi) is 12.6. The Balaban J connectivity index is 0.00000625. The molecule has 0 aliphatic rings. The van der Waals surface area contributed by atoms with Crippen molar-refractivity contribution in [1.29, 1.82) is 0 Å². The summed E-state index contributed by atoms with van der Waals surface area (Å²) in [5, 5.41) is 6.41. The summed E-state index contributed by atoms with van der Waals surface area (Å²) in [4.78, 5) is 4.16. The minimum Gasteiger partial charge on any atom is -0.491 e. The van der Waals surface area contributed by atoms with Crippen molar-refractivity contribution >= 4 is 39.8 Å². The van der Waals surface area contributed by atoms with Crippen LogP contribution in [0, 0.1) is 0 Å².